The summed E-state index contributed by atoms with van der Waals surface area (Å²) in [6.45, 7) is 12.5. The predicted molar refractivity (Wildman–Crippen MR) is 120 cm³/mol. The standard InChI is InChI=1S/C24H37N5O/c1-18(2)17-29-20(4)23(19(3)26-29)16-24(30)27(5)22-10-14-28(15-11-22)13-9-21-8-6-7-12-25-21/h6-8,12,18,22H,9-11,13-17H2,1-5H3. The molecule has 0 radical (unpaired) electrons. The molecule has 2 aromatic heterocycles. The molecule has 0 unspecified atom stereocenters. The average molecular weight is 412 g/mol. The van der Waals surface area contributed by atoms with Crippen LogP contribution in [0.1, 0.15) is 49.3 Å². The monoisotopic (exact) mass is 411 g/mol. The van der Waals surface area contributed by atoms with Crippen LogP contribution in [0.25, 0.3) is 0 Å². The third-order valence-electron chi connectivity index (χ3n) is 6.31. The van der Waals surface area contributed by atoms with E-state index in [-0.39, 0.29) is 5.91 Å². The predicted octanol–water partition coefficient (Wildman–Crippen LogP) is 3.26. The maximum Gasteiger partial charge on any atom is 0.227 e. The first kappa shape index (κ1) is 22.5. The van der Waals surface area contributed by atoms with Gasteiger partial charge in [-0.3, -0.25) is 14.5 Å². The van der Waals surface area contributed by atoms with Crippen LogP contribution in [0.2, 0.25) is 0 Å². The van der Waals surface area contributed by atoms with E-state index in [2.05, 4.69) is 46.5 Å². The lowest BCUT2D eigenvalue weighted by molar-refractivity contribution is -0.132. The topological polar surface area (TPSA) is 54.3 Å². The normalized spacial score (nSPS) is 15.7. The minimum Gasteiger partial charge on any atom is -0.342 e. The summed E-state index contributed by atoms with van der Waals surface area (Å²) in [4.78, 5) is 21.9. The van der Waals surface area contributed by atoms with E-state index < -0.39 is 0 Å². The van der Waals surface area contributed by atoms with E-state index in [1.807, 2.05) is 37.2 Å². The number of likely N-dealkylation sites (tertiary alicyclic amines) is 1. The van der Waals surface area contributed by atoms with Crippen molar-refractivity contribution in [3.05, 3.63) is 47.0 Å². The van der Waals surface area contributed by atoms with Gasteiger partial charge in [0.15, 0.2) is 0 Å². The highest BCUT2D eigenvalue weighted by molar-refractivity contribution is 5.79. The van der Waals surface area contributed by atoms with E-state index in [1.165, 1.54) is 0 Å². The lowest BCUT2D eigenvalue weighted by atomic mass is 10.0. The molecule has 0 atom stereocenters. The Labute approximate surface area is 181 Å². The second-order valence-electron chi connectivity index (χ2n) is 9.05. The molecule has 3 heterocycles. The molecule has 0 aliphatic carbocycles. The molecule has 1 aliphatic rings. The summed E-state index contributed by atoms with van der Waals surface area (Å²) in [7, 11) is 1.97. The van der Waals surface area contributed by atoms with Crippen molar-refractivity contribution in [2.45, 2.75) is 66.0 Å². The van der Waals surface area contributed by atoms with Crippen LogP contribution in [-0.2, 0) is 24.2 Å². The van der Waals surface area contributed by atoms with Gasteiger partial charge in [-0.2, -0.15) is 5.10 Å². The van der Waals surface area contributed by atoms with Gasteiger partial charge in [-0.1, -0.05) is 19.9 Å². The van der Waals surface area contributed by atoms with E-state index in [4.69, 9.17) is 0 Å². The molecule has 1 fully saturated rings. The van der Waals surface area contributed by atoms with Crippen molar-refractivity contribution in [3.63, 3.8) is 0 Å². The quantitative estimate of drug-likeness (QED) is 0.669. The van der Waals surface area contributed by atoms with Gasteiger partial charge >= 0.3 is 0 Å². The highest BCUT2D eigenvalue weighted by Crippen LogP contribution is 2.20. The van der Waals surface area contributed by atoms with Crippen molar-refractivity contribution in [2.75, 3.05) is 26.7 Å². The van der Waals surface area contributed by atoms with E-state index in [9.17, 15) is 4.79 Å². The van der Waals surface area contributed by atoms with Crippen LogP contribution in [0.5, 0.6) is 0 Å². The fraction of sp³-hybridized carbons (Fsp3) is 0.625. The average Bonchev–Trinajstić information content (AvgIpc) is 2.99. The Bertz CT molecular complexity index is 822. The van der Waals surface area contributed by atoms with Crippen LogP contribution in [-0.4, -0.2) is 63.2 Å². The SMILES string of the molecule is Cc1nn(CC(C)C)c(C)c1CC(=O)N(C)C1CCN(CCc2ccccn2)CC1. The minimum absolute atomic E-state index is 0.206. The summed E-state index contributed by atoms with van der Waals surface area (Å²) in [6, 6.07) is 6.42. The number of carbonyl (C=O) groups excluding carboxylic acids is 1. The first-order chi connectivity index (χ1) is 14.3. The first-order valence-corrected chi connectivity index (χ1v) is 11.3. The molecule has 1 amide bonds. The molecule has 2 aromatic rings. The van der Waals surface area contributed by atoms with Gasteiger partial charge in [0.05, 0.1) is 12.1 Å². The van der Waals surface area contributed by atoms with Crippen LogP contribution >= 0.6 is 0 Å². The van der Waals surface area contributed by atoms with Crippen molar-refractivity contribution in [2.24, 2.45) is 5.92 Å². The number of amides is 1. The van der Waals surface area contributed by atoms with Gasteiger partial charge in [0.25, 0.3) is 0 Å². The zero-order valence-corrected chi connectivity index (χ0v) is 19.3. The fourth-order valence-corrected chi connectivity index (χ4v) is 4.34. The van der Waals surface area contributed by atoms with E-state index >= 15 is 0 Å². The van der Waals surface area contributed by atoms with Crippen LogP contribution in [0.15, 0.2) is 24.4 Å². The Hall–Kier alpha value is -2.21. The Morgan fingerprint density at radius 1 is 1.23 bits per heavy atom. The van der Waals surface area contributed by atoms with Crippen molar-refractivity contribution in [3.8, 4) is 0 Å². The highest BCUT2D eigenvalue weighted by atomic mass is 16.2. The number of aryl methyl sites for hydroxylation is 1. The number of carbonyl (C=O) groups is 1. The van der Waals surface area contributed by atoms with Gasteiger partial charge in [-0.15, -0.1) is 0 Å². The maximum absolute atomic E-state index is 13.0. The van der Waals surface area contributed by atoms with Gasteiger partial charge in [0.1, 0.15) is 0 Å². The Kier molecular flexibility index (Phi) is 7.64. The van der Waals surface area contributed by atoms with Crippen LogP contribution < -0.4 is 0 Å². The second-order valence-corrected chi connectivity index (χ2v) is 9.05. The largest absolute Gasteiger partial charge is 0.342 e. The molecule has 0 saturated carbocycles. The third-order valence-corrected chi connectivity index (χ3v) is 6.31. The van der Waals surface area contributed by atoms with Crippen LogP contribution in [0.3, 0.4) is 0 Å². The van der Waals surface area contributed by atoms with Gasteiger partial charge in [-0.05, 0) is 44.7 Å². The van der Waals surface area contributed by atoms with E-state index in [0.717, 1.165) is 68.1 Å². The van der Waals surface area contributed by atoms with Crippen molar-refractivity contribution < 1.29 is 4.79 Å². The zero-order valence-electron chi connectivity index (χ0n) is 19.3. The second kappa shape index (κ2) is 10.2. The third kappa shape index (κ3) is 5.69. The number of hydrogen-bond acceptors (Lipinski definition) is 4. The molecule has 30 heavy (non-hydrogen) atoms. The van der Waals surface area contributed by atoms with E-state index in [0.29, 0.717) is 18.4 Å². The number of likely N-dealkylation sites (N-methyl/N-ethyl adjacent to an activating group) is 1. The fourth-order valence-electron chi connectivity index (χ4n) is 4.34. The number of piperidine rings is 1. The number of aromatic nitrogens is 3. The Morgan fingerprint density at radius 3 is 2.60 bits per heavy atom. The molecule has 3 rings (SSSR count). The molecule has 1 saturated heterocycles. The molecule has 1 aliphatic heterocycles. The summed E-state index contributed by atoms with van der Waals surface area (Å²) < 4.78 is 2.06. The zero-order chi connectivity index (χ0) is 21.7. The van der Waals surface area contributed by atoms with Gasteiger partial charge < -0.3 is 9.80 Å². The summed E-state index contributed by atoms with van der Waals surface area (Å²) in [5.41, 5.74) is 4.36. The van der Waals surface area contributed by atoms with Gasteiger partial charge in [0, 0.05) is 68.8 Å². The van der Waals surface area contributed by atoms with Crippen molar-refractivity contribution in [1.29, 1.82) is 0 Å². The molecule has 6 nitrogen and oxygen atoms in total. The Morgan fingerprint density at radius 2 is 1.97 bits per heavy atom. The summed E-state index contributed by atoms with van der Waals surface area (Å²) in [5.74, 6) is 0.745. The molecule has 0 aromatic carbocycles. The minimum atomic E-state index is 0.206. The molecule has 0 bridgehead atoms. The molecular formula is C24H37N5O. The van der Waals surface area contributed by atoms with Crippen molar-refractivity contribution >= 4 is 5.91 Å². The number of pyridine rings is 1. The Balaban J connectivity index is 1.49. The summed E-state index contributed by atoms with van der Waals surface area (Å²) in [5, 5.41) is 4.66. The molecule has 0 N–H and O–H groups in total. The van der Waals surface area contributed by atoms with Crippen molar-refractivity contribution in [1.82, 2.24) is 24.6 Å². The van der Waals surface area contributed by atoms with Gasteiger partial charge in [-0.25, -0.2) is 0 Å². The highest BCUT2D eigenvalue weighted by Gasteiger charge is 2.26. The first-order valence-electron chi connectivity index (χ1n) is 11.3. The van der Waals surface area contributed by atoms with Crippen LogP contribution in [0, 0.1) is 19.8 Å². The van der Waals surface area contributed by atoms with E-state index in [1.54, 1.807) is 0 Å². The number of rotatable bonds is 8. The molecule has 164 valence electrons. The lowest BCUT2D eigenvalue weighted by Crippen LogP contribution is -2.46. The smallest absolute Gasteiger partial charge is 0.227 e. The number of nitrogens with zero attached hydrogens (tertiary/aromatic N) is 5. The summed E-state index contributed by atoms with van der Waals surface area (Å²) in [6.07, 6.45) is 5.37. The maximum atomic E-state index is 13.0. The number of hydrogen-bond donors (Lipinski definition) is 0. The molecular weight excluding hydrogens is 374 g/mol. The van der Waals surface area contributed by atoms with Gasteiger partial charge in [0.2, 0.25) is 5.91 Å². The van der Waals surface area contributed by atoms with Crippen LogP contribution in [0.4, 0.5) is 0 Å². The summed E-state index contributed by atoms with van der Waals surface area (Å²) >= 11 is 0. The molecule has 6 heteroatoms. The molecule has 0 spiro atoms. The lowest BCUT2D eigenvalue weighted by Gasteiger charge is -2.36.